The van der Waals surface area contributed by atoms with Crippen molar-refractivity contribution in [2.45, 2.75) is 44.1 Å². The van der Waals surface area contributed by atoms with Gasteiger partial charge in [0.2, 0.25) is 5.91 Å². The van der Waals surface area contributed by atoms with Gasteiger partial charge < -0.3 is 19.9 Å². The van der Waals surface area contributed by atoms with Crippen LogP contribution in [0.1, 0.15) is 48.1 Å². The molecule has 2 N–H and O–H groups in total. The Kier molecular flexibility index (Phi) is 7.24. The number of aromatic hydroxyl groups is 1. The lowest BCUT2D eigenvalue weighted by atomic mass is 9.60. The van der Waals surface area contributed by atoms with Gasteiger partial charge in [-0.05, 0) is 54.5 Å². The van der Waals surface area contributed by atoms with Crippen LogP contribution in [-0.2, 0) is 23.2 Å². The Balaban J connectivity index is 1.51. The highest BCUT2D eigenvalue weighted by molar-refractivity contribution is 5.89. The Morgan fingerprint density at radius 2 is 2.03 bits per heavy atom. The molecule has 8 heteroatoms. The minimum atomic E-state index is -0.750. The number of carbonyl (C=O) groups is 1. The number of nitrogens with zero attached hydrogens (tertiary/aromatic N) is 4. The molecule has 1 amide bonds. The molecule has 1 aliphatic heterocycles. The average molecular weight is 502 g/mol. The third kappa shape index (κ3) is 4.84. The van der Waals surface area contributed by atoms with Crippen LogP contribution in [0.3, 0.4) is 0 Å². The van der Waals surface area contributed by atoms with E-state index in [0.717, 1.165) is 50.0 Å². The van der Waals surface area contributed by atoms with E-state index in [1.54, 1.807) is 30.6 Å². The molecule has 2 aliphatic rings. The molecule has 1 aromatic heterocycles. The predicted molar refractivity (Wildman–Crippen MR) is 137 cm³/mol. The van der Waals surface area contributed by atoms with E-state index in [0.29, 0.717) is 31.6 Å². The van der Waals surface area contributed by atoms with Crippen LogP contribution in [0.5, 0.6) is 5.75 Å². The number of carbonyl (C=O) groups excluding carboxylic acids is 1. The molecular formula is C29H32FN5O2. The van der Waals surface area contributed by atoms with E-state index in [1.807, 2.05) is 33.9 Å². The number of hydrogen-bond donors (Lipinski definition) is 2. The molecule has 192 valence electrons. The van der Waals surface area contributed by atoms with Crippen LogP contribution in [0, 0.1) is 23.1 Å². The van der Waals surface area contributed by atoms with E-state index in [9.17, 15) is 19.6 Å². The van der Waals surface area contributed by atoms with Crippen molar-refractivity contribution in [1.82, 2.24) is 19.8 Å². The Morgan fingerprint density at radius 1 is 1.22 bits per heavy atom. The minimum Gasteiger partial charge on any atom is -0.508 e. The summed E-state index contributed by atoms with van der Waals surface area (Å²) < 4.78 is 16.2. The van der Waals surface area contributed by atoms with Gasteiger partial charge >= 0.3 is 0 Å². The lowest BCUT2D eigenvalue weighted by Gasteiger charge is -2.47. The summed E-state index contributed by atoms with van der Waals surface area (Å²) >= 11 is 0. The maximum atomic E-state index is 14.3. The van der Waals surface area contributed by atoms with Crippen molar-refractivity contribution in [3.63, 3.8) is 0 Å². The van der Waals surface area contributed by atoms with Gasteiger partial charge in [0.1, 0.15) is 17.6 Å². The fourth-order valence-corrected chi connectivity index (χ4v) is 6.16. The summed E-state index contributed by atoms with van der Waals surface area (Å²) in [5, 5.41) is 23.2. The van der Waals surface area contributed by atoms with Crippen LogP contribution in [0.25, 0.3) is 0 Å². The number of rotatable bonds is 6. The standard InChI is InChI=1S/C29H32FN5O2/c30-27-9-3-5-21(26(27)17-31)19-35-20-33-18-24(35)15-22-6-1-2-10-29(22,23-7-4-8-25(36)16-23)28(37)34-13-11-32-12-14-34/h3-5,7-9,16,18,20,22,32,36H,1-2,6,10-15,19H2. The fourth-order valence-electron chi connectivity index (χ4n) is 6.16. The Hall–Kier alpha value is -3.70. The molecular weight excluding hydrogens is 469 g/mol. The summed E-state index contributed by atoms with van der Waals surface area (Å²) in [5.41, 5.74) is 1.70. The highest BCUT2D eigenvalue weighted by Crippen LogP contribution is 2.47. The minimum absolute atomic E-state index is 0.00355. The monoisotopic (exact) mass is 501 g/mol. The van der Waals surface area contributed by atoms with E-state index >= 15 is 0 Å². The second-order valence-electron chi connectivity index (χ2n) is 10.1. The molecule has 1 aliphatic carbocycles. The van der Waals surface area contributed by atoms with Gasteiger partial charge in [-0.2, -0.15) is 5.26 Å². The van der Waals surface area contributed by atoms with E-state index in [4.69, 9.17) is 0 Å². The number of nitrogens with one attached hydrogen (secondary N) is 1. The first kappa shape index (κ1) is 25.0. The van der Waals surface area contributed by atoms with E-state index < -0.39 is 11.2 Å². The number of halogens is 1. The van der Waals surface area contributed by atoms with Gasteiger partial charge in [-0.25, -0.2) is 9.37 Å². The number of amides is 1. The fraction of sp³-hybridized carbons (Fsp3) is 0.414. The maximum Gasteiger partial charge on any atom is 0.233 e. The highest BCUT2D eigenvalue weighted by Gasteiger charge is 2.50. The summed E-state index contributed by atoms with van der Waals surface area (Å²) in [5.74, 6) is -0.232. The molecule has 3 aromatic rings. The molecule has 7 nitrogen and oxygen atoms in total. The van der Waals surface area contributed by atoms with Crippen molar-refractivity contribution >= 4 is 5.91 Å². The first-order valence-electron chi connectivity index (χ1n) is 13.0. The SMILES string of the molecule is N#Cc1c(F)cccc1Cn1cncc1CC1CCCCC1(C(=O)N1CCNCC1)c1cccc(O)c1. The van der Waals surface area contributed by atoms with Crippen LogP contribution in [0.4, 0.5) is 4.39 Å². The molecule has 2 heterocycles. The summed E-state index contributed by atoms with van der Waals surface area (Å²) in [6.07, 6.45) is 7.70. The number of benzene rings is 2. The number of imidazole rings is 1. The average Bonchev–Trinajstić information content (AvgIpc) is 3.35. The summed E-state index contributed by atoms with van der Waals surface area (Å²) in [7, 11) is 0. The molecule has 1 saturated carbocycles. The zero-order valence-electron chi connectivity index (χ0n) is 20.9. The van der Waals surface area contributed by atoms with Gasteiger partial charge in [0, 0.05) is 38.1 Å². The first-order chi connectivity index (χ1) is 18.0. The van der Waals surface area contributed by atoms with E-state index in [1.165, 1.54) is 6.07 Å². The quantitative estimate of drug-likeness (QED) is 0.537. The van der Waals surface area contributed by atoms with Crippen molar-refractivity contribution in [3.05, 3.63) is 83.2 Å². The number of phenolic OH excluding ortho intramolecular Hbond substituents is 1. The smallest absolute Gasteiger partial charge is 0.233 e. The summed E-state index contributed by atoms with van der Waals surface area (Å²) in [6.45, 7) is 3.21. The first-order valence-corrected chi connectivity index (χ1v) is 13.0. The highest BCUT2D eigenvalue weighted by atomic mass is 19.1. The Bertz CT molecular complexity index is 1310. The van der Waals surface area contributed by atoms with Crippen LogP contribution in [0.2, 0.25) is 0 Å². The lowest BCUT2D eigenvalue weighted by Crippen LogP contribution is -2.57. The molecule has 1 saturated heterocycles. The third-order valence-electron chi connectivity index (χ3n) is 8.02. The number of piperazine rings is 1. The third-order valence-corrected chi connectivity index (χ3v) is 8.02. The van der Waals surface area contributed by atoms with Crippen molar-refractivity contribution < 1.29 is 14.3 Å². The van der Waals surface area contributed by atoms with Gasteiger partial charge in [-0.1, -0.05) is 37.1 Å². The zero-order chi connectivity index (χ0) is 25.8. The van der Waals surface area contributed by atoms with Crippen LogP contribution in [-0.4, -0.2) is 51.6 Å². The van der Waals surface area contributed by atoms with Crippen molar-refractivity contribution in [2.75, 3.05) is 26.2 Å². The van der Waals surface area contributed by atoms with E-state index in [2.05, 4.69) is 10.3 Å². The number of phenols is 1. The molecule has 2 atom stereocenters. The van der Waals surface area contributed by atoms with Gasteiger partial charge in [-0.15, -0.1) is 0 Å². The van der Waals surface area contributed by atoms with Gasteiger partial charge in [0.15, 0.2) is 0 Å². The van der Waals surface area contributed by atoms with Gasteiger partial charge in [0.05, 0.1) is 23.9 Å². The maximum absolute atomic E-state index is 14.3. The van der Waals surface area contributed by atoms with Crippen molar-refractivity contribution in [3.8, 4) is 11.8 Å². The number of nitriles is 1. The lowest BCUT2D eigenvalue weighted by molar-refractivity contribution is -0.142. The molecule has 0 bridgehead atoms. The van der Waals surface area contributed by atoms with Crippen LogP contribution < -0.4 is 5.32 Å². The molecule has 0 spiro atoms. The predicted octanol–water partition coefficient (Wildman–Crippen LogP) is 3.75. The zero-order valence-corrected chi connectivity index (χ0v) is 20.9. The van der Waals surface area contributed by atoms with Crippen molar-refractivity contribution in [1.29, 1.82) is 5.26 Å². The van der Waals surface area contributed by atoms with Crippen LogP contribution in [0.15, 0.2) is 55.0 Å². The normalized spacial score (nSPS) is 21.9. The molecule has 37 heavy (non-hydrogen) atoms. The molecule has 2 fully saturated rings. The second-order valence-corrected chi connectivity index (χ2v) is 10.1. The van der Waals surface area contributed by atoms with E-state index in [-0.39, 0.29) is 23.1 Å². The Morgan fingerprint density at radius 3 is 2.81 bits per heavy atom. The Labute approximate surface area is 216 Å². The van der Waals surface area contributed by atoms with Crippen LogP contribution >= 0.6 is 0 Å². The molecule has 5 rings (SSSR count). The van der Waals surface area contributed by atoms with Gasteiger partial charge in [0.25, 0.3) is 0 Å². The topological polar surface area (TPSA) is 94.2 Å². The largest absolute Gasteiger partial charge is 0.508 e. The molecule has 2 aromatic carbocycles. The second kappa shape index (κ2) is 10.7. The molecule has 2 unspecified atom stereocenters. The number of aromatic nitrogens is 2. The van der Waals surface area contributed by atoms with Crippen molar-refractivity contribution in [2.24, 2.45) is 5.92 Å². The molecule has 0 radical (unpaired) electrons. The summed E-state index contributed by atoms with van der Waals surface area (Å²) in [4.78, 5) is 20.7. The number of hydrogen-bond acceptors (Lipinski definition) is 5. The summed E-state index contributed by atoms with van der Waals surface area (Å²) in [6, 6.07) is 13.8. The van der Waals surface area contributed by atoms with Gasteiger partial charge in [-0.3, -0.25) is 4.79 Å².